The van der Waals surface area contributed by atoms with E-state index in [2.05, 4.69) is 10.6 Å². The van der Waals surface area contributed by atoms with Crippen molar-refractivity contribution < 1.29 is 19.1 Å². The molecule has 0 unspecified atom stereocenters. The molecule has 1 aliphatic carbocycles. The molecule has 1 aliphatic rings. The van der Waals surface area contributed by atoms with E-state index in [4.69, 9.17) is 16.3 Å². The van der Waals surface area contributed by atoms with Crippen molar-refractivity contribution in [2.45, 2.75) is 43.9 Å². The lowest BCUT2D eigenvalue weighted by atomic mass is 10.1. The summed E-state index contributed by atoms with van der Waals surface area (Å²) in [4.78, 5) is 38.9. The molecule has 0 fully saturated rings. The van der Waals surface area contributed by atoms with E-state index in [1.165, 1.54) is 11.3 Å². The molecule has 0 bridgehead atoms. The van der Waals surface area contributed by atoms with Crippen molar-refractivity contribution in [3.8, 4) is 0 Å². The molecule has 0 atom stereocenters. The van der Waals surface area contributed by atoms with Gasteiger partial charge in [0.25, 0.3) is 5.91 Å². The van der Waals surface area contributed by atoms with Crippen LogP contribution in [-0.4, -0.2) is 30.3 Å². The van der Waals surface area contributed by atoms with E-state index in [9.17, 15) is 14.4 Å². The molecule has 160 valence electrons. The number of hydrogen-bond acceptors (Lipinski definition) is 6. The lowest BCUT2D eigenvalue weighted by Crippen LogP contribution is -2.32. The highest BCUT2D eigenvalue weighted by Crippen LogP contribution is 2.39. The number of amides is 3. The normalized spacial score (nSPS) is 12.3. The second-order valence-electron chi connectivity index (χ2n) is 6.69. The first-order chi connectivity index (χ1) is 14.5. The Bertz CT molecular complexity index is 928. The van der Waals surface area contributed by atoms with Gasteiger partial charge in [-0.2, -0.15) is 0 Å². The van der Waals surface area contributed by atoms with Crippen LogP contribution in [-0.2, 0) is 22.4 Å². The Morgan fingerprint density at radius 3 is 2.70 bits per heavy atom. The summed E-state index contributed by atoms with van der Waals surface area (Å²) in [5.41, 5.74) is 1.32. The molecular weight excluding hydrogens is 444 g/mol. The first-order valence-electron chi connectivity index (χ1n) is 9.78. The zero-order chi connectivity index (χ0) is 21.5. The summed E-state index contributed by atoms with van der Waals surface area (Å²) in [5.74, 6) is 0.130. The highest BCUT2D eigenvalue weighted by Gasteiger charge is 2.28. The van der Waals surface area contributed by atoms with Crippen LogP contribution in [0.25, 0.3) is 0 Å². The van der Waals surface area contributed by atoms with Gasteiger partial charge < -0.3 is 10.1 Å². The number of halogens is 1. The lowest BCUT2D eigenvalue weighted by molar-refractivity contribution is -0.116. The molecule has 3 rings (SSSR count). The van der Waals surface area contributed by atoms with Crippen LogP contribution in [0, 0.1) is 0 Å². The molecule has 1 aromatic carbocycles. The number of alkyl carbamates (subject to hydrolysis) is 1. The Morgan fingerprint density at radius 1 is 1.20 bits per heavy atom. The molecule has 2 N–H and O–H groups in total. The van der Waals surface area contributed by atoms with Gasteiger partial charge in [-0.15, -0.1) is 23.1 Å². The van der Waals surface area contributed by atoms with Crippen molar-refractivity contribution in [2.24, 2.45) is 0 Å². The average molecular weight is 467 g/mol. The number of imide groups is 1. The number of anilines is 1. The molecule has 9 heteroatoms. The van der Waals surface area contributed by atoms with E-state index in [1.54, 1.807) is 18.7 Å². The van der Waals surface area contributed by atoms with Crippen LogP contribution in [0.5, 0.6) is 0 Å². The van der Waals surface area contributed by atoms with Crippen molar-refractivity contribution in [1.82, 2.24) is 5.32 Å². The Balaban J connectivity index is 1.56. The van der Waals surface area contributed by atoms with Crippen LogP contribution in [0.4, 0.5) is 9.80 Å². The quantitative estimate of drug-likeness (QED) is 0.408. The van der Waals surface area contributed by atoms with Gasteiger partial charge >= 0.3 is 6.09 Å². The standard InChI is InChI=1S/C21H23ClN2O4S2/c1-2-28-21(27)24-19(26)18-15-5-3-6-16(15)30-20(18)23-17(25)7-4-12-29-14-10-8-13(22)9-11-14/h8-11H,2-7,12H2,1H3,(H,23,25)(H,24,26,27). The van der Waals surface area contributed by atoms with Gasteiger partial charge in [-0.3, -0.25) is 14.9 Å². The molecule has 0 aliphatic heterocycles. The molecule has 0 saturated carbocycles. The van der Waals surface area contributed by atoms with Crippen LogP contribution in [0.3, 0.4) is 0 Å². The first-order valence-corrected chi connectivity index (χ1v) is 12.0. The molecule has 6 nitrogen and oxygen atoms in total. The van der Waals surface area contributed by atoms with Gasteiger partial charge in [0.2, 0.25) is 5.91 Å². The molecule has 0 spiro atoms. The van der Waals surface area contributed by atoms with Crippen molar-refractivity contribution >= 4 is 57.6 Å². The van der Waals surface area contributed by atoms with Gasteiger partial charge in [-0.05, 0) is 68.2 Å². The minimum absolute atomic E-state index is 0.142. The number of aryl methyl sites for hydroxylation is 1. The second kappa shape index (κ2) is 10.8. The number of thioether (sulfide) groups is 1. The number of rotatable bonds is 8. The van der Waals surface area contributed by atoms with Crippen LogP contribution in [0.2, 0.25) is 5.02 Å². The third-order valence-electron chi connectivity index (χ3n) is 4.52. The number of carbonyl (C=O) groups is 3. The molecule has 2 aromatic rings. The van der Waals surface area contributed by atoms with Crippen LogP contribution < -0.4 is 10.6 Å². The smallest absolute Gasteiger partial charge is 0.414 e. The van der Waals surface area contributed by atoms with E-state index in [1.807, 2.05) is 24.3 Å². The first kappa shape index (κ1) is 22.7. The van der Waals surface area contributed by atoms with Gasteiger partial charge in [0.15, 0.2) is 0 Å². The maximum absolute atomic E-state index is 12.6. The SMILES string of the molecule is CCOC(=O)NC(=O)c1c(NC(=O)CCCSc2ccc(Cl)cc2)sc2c1CCC2. The highest BCUT2D eigenvalue weighted by atomic mass is 35.5. The van der Waals surface area contributed by atoms with Gasteiger partial charge in [0.1, 0.15) is 5.00 Å². The summed E-state index contributed by atoms with van der Waals surface area (Å²) in [6, 6.07) is 7.59. The van der Waals surface area contributed by atoms with Gasteiger partial charge in [-0.1, -0.05) is 11.6 Å². The maximum Gasteiger partial charge on any atom is 0.414 e. The number of thiophene rings is 1. The summed E-state index contributed by atoms with van der Waals surface area (Å²) in [6.45, 7) is 1.85. The fourth-order valence-corrected chi connectivity index (χ4v) is 5.48. The van der Waals surface area contributed by atoms with Gasteiger partial charge in [-0.25, -0.2) is 4.79 Å². The Morgan fingerprint density at radius 2 is 1.97 bits per heavy atom. The number of ether oxygens (including phenoxy) is 1. The third kappa shape index (κ3) is 6.00. The predicted molar refractivity (Wildman–Crippen MR) is 121 cm³/mol. The van der Waals surface area contributed by atoms with Crippen molar-refractivity contribution in [1.29, 1.82) is 0 Å². The number of benzene rings is 1. The fraction of sp³-hybridized carbons (Fsp3) is 0.381. The molecule has 0 radical (unpaired) electrons. The molecule has 1 heterocycles. The monoisotopic (exact) mass is 466 g/mol. The molecular formula is C21H23ClN2O4S2. The van der Waals surface area contributed by atoms with Crippen LogP contribution in [0.1, 0.15) is 47.0 Å². The summed E-state index contributed by atoms with van der Waals surface area (Å²) < 4.78 is 4.79. The molecule has 1 aromatic heterocycles. The molecule has 30 heavy (non-hydrogen) atoms. The highest BCUT2D eigenvalue weighted by molar-refractivity contribution is 7.99. The van der Waals surface area contributed by atoms with E-state index in [-0.39, 0.29) is 12.5 Å². The van der Waals surface area contributed by atoms with E-state index in [0.717, 1.165) is 40.4 Å². The Hall–Kier alpha value is -2.03. The summed E-state index contributed by atoms with van der Waals surface area (Å²) in [5, 5.41) is 6.33. The zero-order valence-electron chi connectivity index (χ0n) is 16.6. The predicted octanol–water partition coefficient (Wildman–Crippen LogP) is 5.29. The van der Waals surface area contributed by atoms with Gasteiger partial charge in [0, 0.05) is 21.2 Å². The molecule has 3 amide bonds. The largest absolute Gasteiger partial charge is 0.450 e. The Kier molecular flexibility index (Phi) is 8.18. The third-order valence-corrected chi connectivity index (χ3v) is 7.08. The van der Waals surface area contributed by atoms with Crippen LogP contribution >= 0.6 is 34.7 Å². The summed E-state index contributed by atoms with van der Waals surface area (Å²) >= 11 is 8.97. The van der Waals surface area contributed by atoms with Gasteiger partial charge in [0.05, 0.1) is 12.2 Å². The fourth-order valence-electron chi connectivity index (χ4n) is 3.20. The van der Waals surface area contributed by atoms with E-state index in [0.29, 0.717) is 28.4 Å². The van der Waals surface area contributed by atoms with Crippen molar-refractivity contribution in [3.63, 3.8) is 0 Å². The van der Waals surface area contributed by atoms with E-state index < -0.39 is 12.0 Å². The van der Waals surface area contributed by atoms with Crippen molar-refractivity contribution in [3.05, 3.63) is 45.3 Å². The Labute approximate surface area is 188 Å². The minimum Gasteiger partial charge on any atom is -0.450 e. The number of fused-ring (bicyclic) bond motifs is 1. The topological polar surface area (TPSA) is 84.5 Å². The minimum atomic E-state index is -0.781. The number of carbonyl (C=O) groups excluding carboxylic acids is 3. The number of nitrogens with one attached hydrogen (secondary N) is 2. The van der Waals surface area contributed by atoms with Crippen LogP contribution in [0.15, 0.2) is 29.2 Å². The summed E-state index contributed by atoms with van der Waals surface area (Å²) in [6.07, 6.45) is 2.89. The molecule has 0 saturated heterocycles. The number of hydrogen-bond donors (Lipinski definition) is 2. The average Bonchev–Trinajstić information content (AvgIpc) is 3.27. The van der Waals surface area contributed by atoms with Crippen molar-refractivity contribution in [2.75, 3.05) is 17.7 Å². The maximum atomic E-state index is 12.6. The lowest BCUT2D eigenvalue weighted by Gasteiger charge is -2.09. The van der Waals surface area contributed by atoms with E-state index >= 15 is 0 Å². The summed E-state index contributed by atoms with van der Waals surface area (Å²) in [7, 11) is 0. The second-order valence-corrected chi connectivity index (χ2v) is 9.40. The zero-order valence-corrected chi connectivity index (χ0v) is 19.0.